The van der Waals surface area contributed by atoms with Crippen molar-refractivity contribution in [1.82, 2.24) is 20.2 Å². The van der Waals surface area contributed by atoms with Crippen LogP contribution < -0.4 is 5.32 Å². The molecule has 0 spiro atoms. The Morgan fingerprint density at radius 2 is 2.04 bits per heavy atom. The zero-order valence-electron chi connectivity index (χ0n) is 16.1. The highest BCUT2D eigenvalue weighted by molar-refractivity contribution is 5.79. The van der Waals surface area contributed by atoms with Gasteiger partial charge in [-0.2, -0.15) is 13.2 Å². The molecule has 0 bridgehead atoms. The third kappa shape index (κ3) is 7.59. The summed E-state index contributed by atoms with van der Waals surface area (Å²) in [6.45, 7) is 2.32. The van der Waals surface area contributed by atoms with E-state index in [2.05, 4.69) is 25.0 Å². The molecule has 6 nitrogen and oxygen atoms in total. The zero-order valence-corrected chi connectivity index (χ0v) is 16.1. The Bertz CT molecular complexity index is 731. The lowest BCUT2D eigenvalue weighted by Gasteiger charge is -2.21. The molecule has 1 aromatic heterocycles. The van der Waals surface area contributed by atoms with Crippen LogP contribution in [-0.4, -0.2) is 60.4 Å². The van der Waals surface area contributed by atoms with Crippen LogP contribution in [0.1, 0.15) is 19.2 Å². The first kappa shape index (κ1) is 21.7. The van der Waals surface area contributed by atoms with E-state index in [1.165, 1.54) is 0 Å². The highest BCUT2D eigenvalue weighted by Gasteiger charge is 2.27. The smallest absolute Gasteiger partial charge is 0.372 e. The van der Waals surface area contributed by atoms with E-state index in [0.717, 1.165) is 17.1 Å². The number of benzene rings is 1. The summed E-state index contributed by atoms with van der Waals surface area (Å²) in [5.41, 5.74) is 2.00. The quantitative estimate of drug-likeness (QED) is 0.387. The van der Waals surface area contributed by atoms with Gasteiger partial charge in [-0.3, -0.25) is 4.99 Å². The molecular weight excluding hydrogens is 371 g/mol. The van der Waals surface area contributed by atoms with Crippen LogP contribution in [0.15, 0.2) is 41.5 Å². The topological polar surface area (TPSA) is 65.5 Å². The zero-order chi connectivity index (χ0) is 20.4. The standard InChI is InChI=1S/C19H26F3N5O/c1-3-23-18(24-10-7-11-28-14-19(20,21)22)27(2)13-17-25-12-16(26-17)15-8-5-4-6-9-15/h4-6,8-9,12H,3,7,10-11,13-14H2,1-2H3,(H,23,24)(H,25,26). The van der Waals surface area contributed by atoms with E-state index in [1.807, 2.05) is 49.2 Å². The minimum absolute atomic E-state index is 0.0186. The second-order valence-electron chi connectivity index (χ2n) is 6.22. The van der Waals surface area contributed by atoms with Crippen molar-refractivity contribution in [3.05, 3.63) is 42.4 Å². The third-order valence-electron chi connectivity index (χ3n) is 3.77. The van der Waals surface area contributed by atoms with E-state index >= 15 is 0 Å². The molecule has 2 N–H and O–H groups in total. The predicted octanol–water partition coefficient (Wildman–Crippen LogP) is 3.44. The first-order valence-electron chi connectivity index (χ1n) is 9.12. The second kappa shape index (κ2) is 10.7. The molecule has 28 heavy (non-hydrogen) atoms. The summed E-state index contributed by atoms with van der Waals surface area (Å²) in [6.07, 6.45) is -2.08. The number of aromatic nitrogens is 2. The largest absolute Gasteiger partial charge is 0.411 e. The fourth-order valence-electron chi connectivity index (χ4n) is 2.52. The van der Waals surface area contributed by atoms with E-state index in [0.29, 0.717) is 32.0 Å². The number of aliphatic imine (C=N–C) groups is 1. The van der Waals surface area contributed by atoms with Crippen molar-refractivity contribution in [1.29, 1.82) is 0 Å². The van der Waals surface area contributed by atoms with Crippen molar-refractivity contribution in [2.24, 2.45) is 4.99 Å². The SMILES string of the molecule is CCNC(=NCCCOCC(F)(F)F)N(C)Cc1ncc(-c2ccccc2)[nH]1. The summed E-state index contributed by atoms with van der Waals surface area (Å²) in [5.74, 6) is 1.46. The molecule has 0 atom stereocenters. The minimum atomic E-state index is -4.29. The van der Waals surface area contributed by atoms with E-state index in [9.17, 15) is 13.2 Å². The van der Waals surface area contributed by atoms with Crippen molar-refractivity contribution in [2.45, 2.75) is 26.1 Å². The highest BCUT2D eigenvalue weighted by Crippen LogP contribution is 2.16. The fraction of sp³-hybridized carbons (Fsp3) is 0.474. The van der Waals surface area contributed by atoms with Crippen LogP contribution >= 0.6 is 0 Å². The van der Waals surface area contributed by atoms with Gasteiger partial charge in [0.2, 0.25) is 0 Å². The van der Waals surface area contributed by atoms with E-state index < -0.39 is 12.8 Å². The maximum absolute atomic E-state index is 12.0. The molecule has 0 fully saturated rings. The van der Waals surface area contributed by atoms with E-state index in [4.69, 9.17) is 0 Å². The normalized spacial score (nSPS) is 12.2. The van der Waals surface area contributed by atoms with Gasteiger partial charge >= 0.3 is 6.18 Å². The minimum Gasteiger partial charge on any atom is -0.372 e. The Hall–Kier alpha value is -2.55. The highest BCUT2D eigenvalue weighted by atomic mass is 19.4. The van der Waals surface area contributed by atoms with Crippen molar-refractivity contribution in [3.63, 3.8) is 0 Å². The number of rotatable bonds is 9. The molecule has 0 aliphatic heterocycles. The first-order chi connectivity index (χ1) is 13.4. The monoisotopic (exact) mass is 397 g/mol. The molecule has 2 rings (SSSR count). The van der Waals surface area contributed by atoms with Gasteiger partial charge in [-0.15, -0.1) is 0 Å². The van der Waals surface area contributed by atoms with Crippen LogP contribution in [0.3, 0.4) is 0 Å². The first-order valence-corrected chi connectivity index (χ1v) is 9.12. The molecule has 0 saturated heterocycles. The van der Waals surface area contributed by atoms with Gasteiger partial charge in [0.05, 0.1) is 18.4 Å². The molecule has 0 saturated carbocycles. The van der Waals surface area contributed by atoms with Crippen LogP contribution in [0.25, 0.3) is 11.3 Å². The van der Waals surface area contributed by atoms with Gasteiger partial charge in [0.25, 0.3) is 0 Å². The third-order valence-corrected chi connectivity index (χ3v) is 3.77. The van der Waals surface area contributed by atoms with Crippen LogP contribution in [0.5, 0.6) is 0 Å². The summed E-state index contributed by atoms with van der Waals surface area (Å²) in [5, 5.41) is 3.17. The maximum atomic E-state index is 12.0. The number of imidazole rings is 1. The number of halogens is 3. The lowest BCUT2D eigenvalue weighted by molar-refractivity contribution is -0.173. The van der Waals surface area contributed by atoms with Gasteiger partial charge in [-0.25, -0.2) is 4.98 Å². The van der Waals surface area contributed by atoms with Gasteiger partial charge in [-0.1, -0.05) is 30.3 Å². The van der Waals surface area contributed by atoms with Crippen molar-refractivity contribution < 1.29 is 17.9 Å². The molecule has 0 unspecified atom stereocenters. The van der Waals surface area contributed by atoms with Crippen molar-refractivity contribution in [2.75, 3.05) is 33.4 Å². The molecule has 154 valence electrons. The van der Waals surface area contributed by atoms with Gasteiger partial charge in [0.15, 0.2) is 5.96 Å². The average molecular weight is 397 g/mol. The number of ether oxygens (including phenoxy) is 1. The van der Waals surface area contributed by atoms with E-state index in [1.54, 1.807) is 6.20 Å². The average Bonchev–Trinajstić information content (AvgIpc) is 3.12. The number of aromatic amines is 1. The number of nitrogens with zero attached hydrogens (tertiary/aromatic N) is 3. The predicted molar refractivity (Wildman–Crippen MR) is 103 cm³/mol. The Labute approximate surface area is 162 Å². The van der Waals surface area contributed by atoms with Crippen molar-refractivity contribution in [3.8, 4) is 11.3 Å². The molecule has 0 aliphatic rings. The van der Waals surface area contributed by atoms with Gasteiger partial charge in [0, 0.05) is 26.7 Å². The van der Waals surface area contributed by atoms with Crippen LogP contribution in [0, 0.1) is 0 Å². The summed E-state index contributed by atoms with van der Waals surface area (Å²) >= 11 is 0. The summed E-state index contributed by atoms with van der Waals surface area (Å²) < 4.78 is 40.7. The summed E-state index contributed by atoms with van der Waals surface area (Å²) in [7, 11) is 1.88. The lowest BCUT2D eigenvalue weighted by atomic mass is 10.2. The molecule has 9 heteroatoms. The lowest BCUT2D eigenvalue weighted by Crippen LogP contribution is -2.38. The molecule has 2 aromatic rings. The number of hydrogen-bond donors (Lipinski definition) is 2. The molecule has 0 amide bonds. The Morgan fingerprint density at radius 1 is 1.29 bits per heavy atom. The van der Waals surface area contributed by atoms with E-state index in [-0.39, 0.29) is 6.61 Å². The van der Waals surface area contributed by atoms with Gasteiger partial charge < -0.3 is 19.9 Å². The second-order valence-corrected chi connectivity index (χ2v) is 6.22. The number of guanidine groups is 1. The number of nitrogens with one attached hydrogen (secondary N) is 2. The van der Waals surface area contributed by atoms with Crippen LogP contribution in [0.2, 0.25) is 0 Å². The molecule has 0 radical (unpaired) electrons. The summed E-state index contributed by atoms with van der Waals surface area (Å²) in [4.78, 5) is 14.1. The van der Waals surface area contributed by atoms with Crippen LogP contribution in [-0.2, 0) is 11.3 Å². The Kier molecular flexibility index (Phi) is 8.31. The molecule has 1 heterocycles. The molecule has 0 aliphatic carbocycles. The Balaban J connectivity index is 1.86. The number of hydrogen-bond acceptors (Lipinski definition) is 3. The number of alkyl halides is 3. The Morgan fingerprint density at radius 3 is 2.71 bits per heavy atom. The fourth-order valence-corrected chi connectivity index (χ4v) is 2.52. The molecule has 1 aromatic carbocycles. The van der Waals surface area contributed by atoms with Crippen LogP contribution in [0.4, 0.5) is 13.2 Å². The summed E-state index contributed by atoms with van der Waals surface area (Å²) in [6, 6.07) is 9.91. The molecular formula is C19H26F3N5O. The van der Waals surface area contributed by atoms with Gasteiger partial charge in [-0.05, 0) is 18.9 Å². The van der Waals surface area contributed by atoms with Crippen molar-refractivity contribution >= 4 is 5.96 Å². The maximum Gasteiger partial charge on any atom is 0.411 e. The number of H-pyrrole nitrogens is 1. The van der Waals surface area contributed by atoms with Gasteiger partial charge in [0.1, 0.15) is 12.4 Å².